The molecule has 0 radical (unpaired) electrons. The van der Waals surface area contributed by atoms with Crippen LogP contribution in [0.1, 0.15) is 6.42 Å². The maximum Gasteiger partial charge on any atom is 0.0481 e. The number of benzene rings is 1. The van der Waals surface area contributed by atoms with Crippen LogP contribution in [-0.4, -0.2) is 31.6 Å². The van der Waals surface area contributed by atoms with Gasteiger partial charge in [0, 0.05) is 27.3 Å². The lowest BCUT2D eigenvalue weighted by Gasteiger charge is -2.26. The number of hydrogen-bond donors (Lipinski definition) is 2. The van der Waals surface area contributed by atoms with Gasteiger partial charge in [0.1, 0.15) is 0 Å². The molecule has 0 saturated heterocycles. The number of nitrogens with one attached hydrogen (secondary N) is 2. The third-order valence-corrected chi connectivity index (χ3v) is 4.67. The summed E-state index contributed by atoms with van der Waals surface area (Å²) in [6.45, 7) is 1.08. The van der Waals surface area contributed by atoms with Crippen molar-refractivity contribution in [3.63, 3.8) is 0 Å². The fraction of sp³-hybridized carbons (Fsp3) is 0.500. The second kappa shape index (κ2) is 5.84. The zero-order valence-corrected chi connectivity index (χ0v) is 11.4. The lowest BCUT2D eigenvalue weighted by Crippen LogP contribution is -2.29. The largest absolute Gasteiger partial charge is 0.381 e. The van der Waals surface area contributed by atoms with E-state index < -0.39 is 0 Å². The lowest BCUT2D eigenvalue weighted by molar-refractivity contribution is 0.658. The van der Waals surface area contributed by atoms with Gasteiger partial charge < -0.3 is 10.6 Å². The van der Waals surface area contributed by atoms with Gasteiger partial charge in [-0.15, -0.1) is 23.5 Å². The number of thioether (sulfide) groups is 2. The van der Waals surface area contributed by atoms with Gasteiger partial charge in [0.2, 0.25) is 0 Å². The molecular weight excluding hydrogens is 236 g/mol. The van der Waals surface area contributed by atoms with Crippen molar-refractivity contribution in [2.45, 2.75) is 22.3 Å². The highest BCUT2D eigenvalue weighted by atomic mass is 32.2. The van der Waals surface area contributed by atoms with Crippen LogP contribution in [0.5, 0.6) is 0 Å². The maximum atomic E-state index is 3.61. The average molecular weight is 254 g/mol. The van der Waals surface area contributed by atoms with E-state index in [4.69, 9.17) is 0 Å². The summed E-state index contributed by atoms with van der Waals surface area (Å²) in [5.74, 6) is 1.17. The second-order valence-corrected chi connectivity index (χ2v) is 5.85. The first-order valence-electron chi connectivity index (χ1n) is 5.55. The number of anilines is 1. The van der Waals surface area contributed by atoms with Gasteiger partial charge in [-0.05, 0) is 44.5 Å². The molecule has 1 atom stereocenters. The Morgan fingerprint density at radius 3 is 3.19 bits per heavy atom. The van der Waals surface area contributed by atoms with Gasteiger partial charge in [-0.3, -0.25) is 0 Å². The van der Waals surface area contributed by atoms with Crippen molar-refractivity contribution in [3.05, 3.63) is 18.2 Å². The summed E-state index contributed by atoms with van der Waals surface area (Å²) in [6, 6.07) is 7.29. The molecule has 4 heteroatoms. The number of fused-ring (bicyclic) bond motifs is 1. The van der Waals surface area contributed by atoms with E-state index in [9.17, 15) is 0 Å². The highest BCUT2D eigenvalue weighted by Crippen LogP contribution is 2.36. The normalized spacial score (nSPS) is 19.0. The predicted molar refractivity (Wildman–Crippen MR) is 74.9 cm³/mol. The van der Waals surface area contributed by atoms with Gasteiger partial charge in [0.15, 0.2) is 0 Å². The van der Waals surface area contributed by atoms with Crippen LogP contribution >= 0.6 is 23.5 Å². The molecule has 1 aliphatic heterocycles. The van der Waals surface area contributed by atoms with Crippen molar-refractivity contribution >= 4 is 29.2 Å². The molecule has 1 unspecified atom stereocenters. The standard InChI is InChI=1S/C12H18N2S2/c1-13-6-5-9-8-16-12-7-10(15-2)3-4-11(12)14-9/h3-4,7,9,13-14H,5-6,8H2,1-2H3. The number of hydrogen-bond acceptors (Lipinski definition) is 4. The molecule has 1 heterocycles. The molecule has 0 aromatic heterocycles. The minimum atomic E-state index is 0.602. The van der Waals surface area contributed by atoms with E-state index in [1.807, 2.05) is 18.8 Å². The Kier molecular flexibility index (Phi) is 4.44. The minimum Gasteiger partial charge on any atom is -0.381 e. The van der Waals surface area contributed by atoms with Crippen molar-refractivity contribution in [2.24, 2.45) is 0 Å². The van der Waals surface area contributed by atoms with E-state index in [1.54, 1.807) is 11.8 Å². The Morgan fingerprint density at radius 2 is 2.44 bits per heavy atom. The van der Waals surface area contributed by atoms with E-state index >= 15 is 0 Å². The fourth-order valence-corrected chi connectivity index (χ4v) is 3.43. The molecule has 0 fully saturated rings. The molecule has 1 aliphatic rings. The van der Waals surface area contributed by atoms with Crippen LogP contribution in [0.4, 0.5) is 5.69 Å². The first-order chi connectivity index (χ1) is 7.83. The molecule has 0 saturated carbocycles. The summed E-state index contributed by atoms with van der Waals surface area (Å²) in [5.41, 5.74) is 1.30. The third kappa shape index (κ3) is 2.87. The van der Waals surface area contributed by atoms with Gasteiger partial charge >= 0.3 is 0 Å². The average Bonchev–Trinajstić information content (AvgIpc) is 2.35. The monoisotopic (exact) mass is 254 g/mol. The zero-order chi connectivity index (χ0) is 11.4. The molecule has 0 bridgehead atoms. The summed E-state index contributed by atoms with van der Waals surface area (Å²) in [7, 11) is 2.01. The van der Waals surface area contributed by atoms with Crippen LogP contribution in [0, 0.1) is 0 Å². The summed E-state index contributed by atoms with van der Waals surface area (Å²) < 4.78 is 0. The van der Waals surface area contributed by atoms with Crippen molar-refractivity contribution in [1.82, 2.24) is 5.32 Å². The fourth-order valence-electron chi connectivity index (χ4n) is 1.79. The van der Waals surface area contributed by atoms with Crippen molar-refractivity contribution in [3.8, 4) is 0 Å². The van der Waals surface area contributed by atoms with Crippen LogP contribution in [0.25, 0.3) is 0 Å². The maximum absolute atomic E-state index is 3.61. The highest BCUT2D eigenvalue weighted by Gasteiger charge is 2.17. The molecule has 88 valence electrons. The summed E-state index contributed by atoms with van der Waals surface area (Å²) in [6.07, 6.45) is 3.31. The van der Waals surface area contributed by atoms with Crippen LogP contribution in [-0.2, 0) is 0 Å². The molecule has 0 aliphatic carbocycles. The van der Waals surface area contributed by atoms with Gasteiger partial charge in [-0.1, -0.05) is 0 Å². The van der Waals surface area contributed by atoms with Crippen molar-refractivity contribution in [2.75, 3.05) is 30.9 Å². The quantitative estimate of drug-likeness (QED) is 0.807. The van der Waals surface area contributed by atoms with Gasteiger partial charge in [-0.2, -0.15) is 0 Å². The van der Waals surface area contributed by atoms with Crippen LogP contribution in [0.3, 0.4) is 0 Å². The summed E-state index contributed by atoms with van der Waals surface area (Å²) in [5, 5.41) is 6.82. The summed E-state index contributed by atoms with van der Waals surface area (Å²) >= 11 is 3.78. The van der Waals surface area contributed by atoms with E-state index in [0.717, 1.165) is 6.54 Å². The molecular formula is C12H18N2S2. The van der Waals surface area contributed by atoms with Gasteiger partial charge in [0.05, 0.1) is 0 Å². The van der Waals surface area contributed by atoms with Crippen molar-refractivity contribution < 1.29 is 0 Å². The Bertz CT molecular complexity index is 355. The molecule has 0 spiro atoms. The highest BCUT2D eigenvalue weighted by molar-refractivity contribution is 8.00. The Labute approximate surface area is 106 Å². The third-order valence-electron chi connectivity index (χ3n) is 2.73. The molecule has 0 amide bonds. The topological polar surface area (TPSA) is 24.1 Å². The number of rotatable bonds is 4. The molecule has 16 heavy (non-hydrogen) atoms. The SMILES string of the molecule is CNCCC1CSc2cc(SC)ccc2N1. The predicted octanol–water partition coefficient (Wildman–Crippen LogP) is 2.90. The zero-order valence-electron chi connectivity index (χ0n) is 9.75. The Hall–Kier alpha value is -0.320. The van der Waals surface area contributed by atoms with E-state index in [-0.39, 0.29) is 0 Å². The van der Waals surface area contributed by atoms with Gasteiger partial charge in [-0.25, -0.2) is 0 Å². The molecule has 2 nitrogen and oxygen atoms in total. The Morgan fingerprint density at radius 1 is 1.56 bits per heavy atom. The van der Waals surface area contributed by atoms with Crippen LogP contribution < -0.4 is 10.6 Å². The lowest BCUT2D eigenvalue weighted by atomic mass is 10.2. The van der Waals surface area contributed by atoms with E-state index in [0.29, 0.717) is 6.04 Å². The van der Waals surface area contributed by atoms with Crippen LogP contribution in [0.15, 0.2) is 28.0 Å². The minimum absolute atomic E-state index is 0.602. The van der Waals surface area contributed by atoms with Gasteiger partial charge in [0.25, 0.3) is 0 Å². The summed E-state index contributed by atoms with van der Waals surface area (Å²) in [4.78, 5) is 2.74. The molecule has 2 N–H and O–H groups in total. The molecule has 1 aromatic carbocycles. The Balaban J connectivity index is 2.04. The first kappa shape index (κ1) is 12.1. The molecule has 2 rings (SSSR count). The first-order valence-corrected chi connectivity index (χ1v) is 7.76. The molecule has 1 aromatic rings. The van der Waals surface area contributed by atoms with E-state index in [1.165, 1.54) is 27.7 Å². The smallest absolute Gasteiger partial charge is 0.0481 e. The van der Waals surface area contributed by atoms with Crippen LogP contribution in [0.2, 0.25) is 0 Å². The van der Waals surface area contributed by atoms with Crippen molar-refractivity contribution in [1.29, 1.82) is 0 Å². The second-order valence-electron chi connectivity index (χ2n) is 3.91. The van der Waals surface area contributed by atoms with E-state index in [2.05, 4.69) is 35.1 Å².